The zero-order valence-electron chi connectivity index (χ0n) is 12.1. The molecule has 1 aromatic rings. The SMILES string of the molecule is O=C(c1cc[c]([Al])cc1F)N1CCN(C(=O)C2(O)CC2)CC1. The van der Waals surface area contributed by atoms with E-state index in [9.17, 15) is 19.1 Å². The standard InChI is InChI=1S/C15H16FN2O3.Al/c16-12-4-2-1-3-11(12)13(19)17-7-9-18(10-8-17)14(20)15(21)5-6-15;/h1,3-4,21H,5-10H2;. The zero-order chi connectivity index (χ0) is 15.9. The summed E-state index contributed by atoms with van der Waals surface area (Å²) < 4.78 is 14.5. The van der Waals surface area contributed by atoms with Gasteiger partial charge < -0.3 is 14.9 Å². The van der Waals surface area contributed by atoms with E-state index in [2.05, 4.69) is 16.3 Å². The molecule has 7 heteroatoms. The smallest absolute Gasteiger partial charge is 0.256 e. The Labute approximate surface area is 136 Å². The van der Waals surface area contributed by atoms with Gasteiger partial charge in [-0.05, 0) is 25.0 Å². The van der Waals surface area contributed by atoms with E-state index in [1.165, 1.54) is 12.1 Å². The van der Waals surface area contributed by atoms with Crippen molar-refractivity contribution in [3.05, 3.63) is 29.6 Å². The van der Waals surface area contributed by atoms with Crippen molar-refractivity contribution in [2.24, 2.45) is 0 Å². The molecule has 5 nitrogen and oxygen atoms in total. The van der Waals surface area contributed by atoms with Gasteiger partial charge in [-0.15, -0.1) is 4.43 Å². The highest BCUT2D eigenvalue weighted by Crippen LogP contribution is 2.37. The number of hydrogen-bond acceptors (Lipinski definition) is 3. The molecule has 1 saturated heterocycles. The summed E-state index contributed by atoms with van der Waals surface area (Å²) in [5.41, 5.74) is -1.13. The number of carbonyl (C=O) groups excluding carboxylic acids is 2. The van der Waals surface area contributed by atoms with Gasteiger partial charge in [-0.3, -0.25) is 9.59 Å². The fourth-order valence-corrected chi connectivity index (χ4v) is 2.86. The number of halogens is 1. The van der Waals surface area contributed by atoms with Gasteiger partial charge in [0.15, 0.2) is 16.3 Å². The predicted molar refractivity (Wildman–Crippen MR) is 78.5 cm³/mol. The number of carbonyl (C=O) groups is 2. The summed E-state index contributed by atoms with van der Waals surface area (Å²) in [6.07, 6.45) is 1.02. The predicted octanol–water partition coefficient (Wildman–Crippen LogP) is -0.571. The largest absolute Gasteiger partial charge is 0.380 e. The summed E-state index contributed by atoms with van der Waals surface area (Å²) in [6, 6.07) is 4.45. The molecule has 1 saturated carbocycles. The van der Waals surface area contributed by atoms with Crippen LogP contribution in [0, 0.1) is 5.82 Å². The Morgan fingerprint density at radius 3 is 2.27 bits per heavy atom. The summed E-state index contributed by atoms with van der Waals surface area (Å²) in [5.74, 6) is -1.15. The second kappa shape index (κ2) is 5.65. The minimum Gasteiger partial charge on any atom is -0.380 e. The molecule has 1 aromatic carbocycles. The third-order valence-electron chi connectivity index (χ3n) is 4.20. The van der Waals surface area contributed by atoms with Crippen molar-refractivity contribution < 1.29 is 19.1 Å². The molecular formula is C15H16AlFN2O3. The lowest BCUT2D eigenvalue weighted by atomic mass is 10.1. The molecule has 1 N–H and O–H groups in total. The molecule has 0 bridgehead atoms. The normalized spacial score (nSPS) is 19.9. The fourth-order valence-electron chi connectivity index (χ4n) is 2.61. The van der Waals surface area contributed by atoms with Crippen LogP contribution in [-0.2, 0) is 4.79 Å². The first-order valence-corrected chi connectivity index (χ1v) is 7.84. The van der Waals surface area contributed by atoms with E-state index in [0.717, 1.165) is 0 Å². The van der Waals surface area contributed by atoms with Gasteiger partial charge in [0, 0.05) is 26.2 Å². The Hall–Kier alpha value is -1.42. The van der Waals surface area contributed by atoms with Crippen LogP contribution in [0.15, 0.2) is 18.2 Å². The molecule has 2 amide bonds. The summed E-state index contributed by atoms with van der Waals surface area (Å²) in [4.78, 5) is 27.5. The molecule has 0 atom stereocenters. The molecule has 0 aromatic heterocycles. The maximum atomic E-state index is 13.9. The van der Waals surface area contributed by atoms with Gasteiger partial charge in [0.1, 0.15) is 11.4 Å². The number of amides is 2. The van der Waals surface area contributed by atoms with Crippen molar-refractivity contribution in [2.45, 2.75) is 18.4 Å². The van der Waals surface area contributed by atoms with Crippen LogP contribution in [0.5, 0.6) is 0 Å². The molecule has 0 spiro atoms. The average Bonchev–Trinajstić information content (AvgIpc) is 3.25. The summed E-state index contributed by atoms with van der Waals surface area (Å²) in [7, 11) is 0. The van der Waals surface area contributed by atoms with E-state index in [0.29, 0.717) is 43.4 Å². The zero-order valence-corrected chi connectivity index (χ0v) is 13.2. The quantitative estimate of drug-likeness (QED) is 0.743. The molecule has 114 valence electrons. The molecule has 22 heavy (non-hydrogen) atoms. The Morgan fingerprint density at radius 2 is 1.73 bits per heavy atom. The lowest BCUT2D eigenvalue weighted by Gasteiger charge is -2.35. The molecule has 1 aliphatic heterocycles. The molecular weight excluding hydrogens is 302 g/mol. The van der Waals surface area contributed by atoms with Crippen molar-refractivity contribution in [3.8, 4) is 0 Å². The molecule has 3 rings (SSSR count). The van der Waals surface area contributed by atoms with Gasteiger partial charge >= 0.3 is 0 Å². The van der Waals surface area contributed by atoms with Crippen molar-refractivity contribution in [3.63, 3.8) is 0 Å². The highest BCUT2D eigenvalue weighted by Gasteiger charge is 2.50. The molecule has 1 aliphatic carbocycles. The van der Waals surface area contributed by atoms with Crippen LogP contribution in [0.2, 0.25) is 0 Å². The van der Waals surface area contributed by atoms with Crippen molar-refractivity contribution in [1.82, 2.24) is 9.80 Å². The van der Waals surface area contributed by atoms with Gasteiger partial charge in [0.05, 0.1) is 5.56 Å². The van der Waals surface area contributed by atoms with Gasteiger partial charge in [0.25, 0.3) is 11.8 Å². The molecule has 0 unspecified atom stereocenters. The van der Waals surface area contributed by atoms with Crippen molar-refractivity contribution in [2.75, 3.05) is 26.2 Å². The summed E-state index contributed by atoms with van der Waals surface area (Å²) in [5, 5.41) is 9.84. The van der Waals surface area contributed by atoms with E-state index in [1.54, 1.807) is 15.9 Å². The topological polar surface area (TPSA) is 60.9 Å². The number of nitrogens with zero attached hydrogens (tertiary/aromatic N) is 2. The first-order chi connectivity index (χ1) is 10.4. The summed E-state index contributed by atoms with van der Waals surface area (Å²) >= 11 is 2.39. The van der Waals surface area contributed by atoms with E-state index < -0.39 is 11.4 Å². The molecule has 1 heterocycles. The second-order valence-corrected chi connectivity index (χ2v) is 6.52. The molecule has 2 radical (unpaired) electrons. The van der Waals surface area contributed by atoms with E-state index >= 15 is 0 Å². The lowest BCUT2D eigenvalue weighted by molar-refractivity contribution is -0.143. The highest BCUT2D eigenvalue weighted by atomic mass is 27.0. The van der Waals surface area contributed by atoms with Crippen LogP contribution in [0.3, 0.4) is 0 Å². The minimum absolute atomic E-state index is 0.0480. The number of benzene rings is 1. The number of piperazine rings is 1. The van der Waals surface area contributed by atoms with E-state index in [-0.39, 0.29) is 17.4 Å². The third kappa shape index (κ3) is 2.89. The first kappa shape index (κ1) is 15.5. The van der Waals surface area contributed by atoms with Gasteiger partial charge in [-0.25, -0.2) is 4.39 Å². The van der Waals surface area contributed by atoms with Crippen LogP contribution in [0.4, 0.5) is 4.39 Å². The van der Waals surface area contributed by atoms with Gasteiger partial charge in [-0.1, -0.05) is 6.07 Å². The van der Waals surface area contributed by atoms with Crippen LogP contribution in [-0.4, -0.2) is 74.8 Å². The Kier molecular flexibility index (Phi) is 3.98. The second-order valence-electron chi connectivity index (χ2n) is 5.86. The van der Waals surface area contributed by atoms with E-state index in [1.807, 2.05) is 0 Å². The maximum absolute atomic E-state index is 13.9. The van der Waals surface area contributed by atoms with Crippen LogP contribution in [0.1, 0.15) is 23.2 Å². The van der Waals surface area contributed by atoms with E-state index in [4.69, 9.17) is 0 Å². The highest BCUT2D eigenvalue weighted by molar-refractivity contribution is 6.32. The number of rotatable bonds is 2. The Morgan fingerprint density at radius 1 is 1.14 bits per heavy atom. The van der Waals surface area contributed by atoms with Gasteiger partial charge in [0.2, 0.25) is 0 Å². The third-order valence-corrected chi connectivity index (χ3v) is 4.56. The average molecular weight is 318 g/mol. The Bertz CT molecular complexity index is 625. The monoisotopic (exact) mass is 318 g/mol. The molecule has 2 fully saturated rings. The van der Waals surface area contributed by atoms with Crippen molar-refractivity contribution in [1.29, 1.82) is 0 Å². The van der Waals surface area contributed by atoms with Crippen LogP contribution in [0.25, 0.3) is 0 Å². The first-order valence-electron chi connectivity index (χ1n) is 7.27. The minimum atomic E-state index is -1.17. The van der Waals surface area contributed by atoms with Crippen LogP contribution < -0.4 is 4.43 Å². The Balaban J connectivity index is 1.63. The number of hydrogen-bond donors (Lipinski definition) is 1. The lowest BCUT2D eigenvalue weighted by Crippen LogP contribution is -2.53. The maximum Gasteiger partial charge on any atom is 0.256 e. The summed E-state index contributed by atoms with van der Waals surface area (Å²) in [6.45, 7) is 1.44. The van der Waals surface area contributed by atoms with Gasteiger partial charge in [-0.2, -0.15) is 0 Å². The fraction of sp³-hybridized carbons (Fsp3) is 0.467. The van der Waals surface area contributed by atoms with Crippen molar-refractivity contribution >= 4 is 32.5 Å². The molecule has 2 aliphatic rings. The number of aliphatic hydroxyl groups is 1. The van der Waals surface area contributed by atoms with Crippen LogP contribution >= 0.6 is 0 Å².